The van der Waals surface area contributed by atoms with Gasteiger partial charge >= 0.3 is 0 Å². The first-order valence-corrected chi connectivity index (χ1v) is 8.06. The third-order valence-electron chi connectivity index (χ3n) is 4.27. The van der Waals surface area contributed by atoms with Crippen LogP contribution in [-0.2, 0) is 18.4 Å². The standard InChI is InChI=1S/C17H21NS/c18-17(12-10-15-8-5-13-19-15)11-4-3-7-14-6-1-2-9-16(14)17/h1-2,5-6,8-9,13H,3-4,7,10-12,18H2. The Morgan fingerprint density at radius 2 is 2.00 bits per heavy atom. The SMILES string of the molecule is NC1(CCc2cccs2)CCCCc2ccccc21. The first-order valence-electron chi connectivity index (χ1n) is 7.18. The first-order chi connectivity index (χ1) is 9.28. The van der Waals surface area contributed by atoms with Crippen LogP contribution in [0, 0.1) is 0 Å². The molecule has 1 aliphatic rings. The summed E-state index contributed by atoms with van der Waals surface area (Å²) in [5, 5.41) is 2.15. The summed E-state index contributed by atoms with van der Waals surface area (Å²) in [6.07, 6.45) is 6.99. The maximum Gasteiger partial charge on any atom is 0.0415 e. The van der Waals surface area contributed by atoms with Gasteiger partial charge in [-0.25, -0.2) is 0 Å². The molecule has 0 fully saturated rings. The maximum atomic E-state index is 6.79. The lowest BCUT2D eigenvalue weighted by Gasteiger charge is -2.30. The molecule has 0 aliphatic heterocycles. The lowest BCUT2D eigenvalue weighted by molar-refractivity contribution is 0.373. The minimum Gasteiger partial charge on any atom is -0.321 e. The van der Waals surface area contributed by atoms with Crippen LogP contribution in [0.5, 0.6) is 0 Å². The predicted octanol–water partition coefficient (Wildman–Crippen LogP) is 4.26. The molecule has 0 amide bonds. The third-order valence-corrected chi connectivity index (χ3v) is 5.21. The molecule has 1 unspecified atom stereocenters. The Labute approximate surface area is 119 Å². The zero-order chi connectivity index (χ0) is 13.1. The van der Waals surface area contributed by atoms with E-state index in [9.17, 15) is 0 Å². The largest absolute Gasteiger partial charge is 0.321 e. The molecule has 0 radical (unpaired) electrons. The van der Waals surface area contributed by atoms with Gasteiger partial charge in [0.15, 0.2) is 0 Å². The molecule has 1 nitrogen and oxygen atoms in total. The summed E-state index contributed by atoms with van der Waals surface area (Å²) in [6.45, 7) is 0. The van der Waals surface area contributed by atoms with Crippen LogP contribution in [0.1, 0.15) is 41.7 Å². The molecule has 1 aromatic carbocycles. The molecule has 1 aromatic heterocycles. The minimum absolute atomic E-state index is 0.128. The fourth-order valence-electron chi connectivity index (χ4n) is 3.18. The van der Waals surface area contributed by atoms with Crippen molar-refractivity contribution in [1.82, 2.24) is 0 Å². The normalized spacial score (nSPS) is 22.8. The van der Waals surface area contributed by atoms with E-state index in [-0.39, 0.29) is 5.54 Å². The zero-order valence-corrected chi connectivity index (χ0v) is 12.1. The molecule has 3 rings (SSSR count). The van der Waals surface area contributed by atoms with Crippen molar-refractivity contribution in [3.63, 3.8) is 0 Å². The van der Waals surface area contributed by atoms with Crippen molar-refractivity contribution < 1.29 is 0 Å². The van der Waals surface area contributed by atoms with Crippen molar-refractivity contribution in [1.29, 1.82) is 0 Å². The number of fused-ring (bicyclic) bond motifs is 1. The Kier molecular flexibility index (Phi) is 3.72. The monoisotopic (exact) mass is 271 g/mol. The van der Waals surface area contributed by atoms with E-state index in [1.54, 1.807) is 0 Å². The topological polar surface area (TPSA) is 26.0 Å². The molecular weight excluding hydrogens is 250 g/mol. The summed E-state index contributed by atoms with van der Waals surface area (Å²) in [6, 6.07) is 13.1. The highest BCUT2D eigenvalue weighted by molar-refractivity contribution is 7.09. The van der Waals surface area contributed by atoms with Gasteiger partial charge in [0.25, 0.3) is 0 Å². The van der Waals surface area contributed by atoms with Gasteiger partial charge in [0.05, 0.1) is 0 Å². The summed E-state index contributed by atoms with van der Waals surface area (Å²) < 4.78 is 0. The van der Waals surface area contributed by atoms with E-state index in [1.807, 2.05) is 11.3 Å². The summed E-state index contributed by atoms with van der Waals surface area (Å²) >= 11 is 1.84. The van der Waals surface area contributed by atoms with E-state index in [0.717, 1.165) is 19.3 Å². The van der Waals surface area contributed by atoms with Gasteiger partial charge in [0.2, 0.25) is 0 Å². The number of hydrogen-bond donors (Lipinski definition) is 1. The van der Waals surface area contributed by atoms with E-state index in [2.05, 4.69) is 41.8 Å². The van der Waals surface area contributed by atoms with Gasteiger partial charge in [0, 0.05) is 10.4 Å². The van der Waals surface area contributed by atoms with Crippen LogP contribution in [0.15, 0.2) is 41.8 Å². The molecule has 0 bridgehead atoms. The Morgan fingerprint density at radius 3 is 2.84 bits per heavy atom. The second-order valence-electron chi connectivity index (χ2n) is 5.60. The quantitative estimate of drug-likeness (QED) is 0.829. The van der Waals surface area contributed by atoms with Crippen LogP contribution < -0.4 is 5.73 Å². The van der Waals surface area contributed by atoms with Gasteiger partial charge < -0.3 is 5.73 Å². The number of rotatable bonds is 3. The average Bonchev–Trinajstić information content (AvgIpc) is 2.89. The fourth-order valence-corrected chi connectivity index (χ4v) is 3.88. The number of thiophene rings is 1. The van der Waals surface area contributed by atoms with Gasteiger partial charge in [-0.1, -0.05) is 36.8 Å². The van der Waals surface area contributed by atoms with E-state index in [1.165, 1.54) is 35.3 Å². The third kappa shape index (κ3) is 2.75. The Morgan fingerprint density at radius 1 is 1.11 bits per heavy atom. The van der Waals surface area contributed by atoms with Crippen molar-refractivity contribution in [2.24, 2.45) is 5.73 Å². The lowest BCUT2D eigenvalue weighted by Crippen LogP contribution is -2.37. The van der Waals surface area contributed by atoms with Gasteiger partial charge in [-0.3, -0.25) is 0 Å². The van der Waals surface area contributed by atoms with E-state index >= 15 is 0 Å². The number of aryl methyl sites for hydroxylation is 2. The van der Waals surface area contributed by atoms with Crippen molar-refractivity contribution in [2.45, 2.75) is 44.1 Å². The smallest absolute Gasteiger partial charge is 0.0415 e. The molecule has 1 aliphatic carbocycles. The van der Waals surface area contributed by atoms with Crippen molar-refractivity contribution >= 4 is 11.3 Å². The second-order valence-corrected chi connectivity index (χ2v) is 6.63. The highest BCUT2D eigenvalue weighted by atomic mass is 32.1. The highest BCUT2D eigenvalue weighted by Crippen LogP contribution is 2.35. The Balaban J connectivity index is 1.85. The molecule has 0 saturated carbocycles. The highest BCUT2D eigenvalue weighted by Gasteiger charge is 2.30. The maximum absolute atomic E-state index is 6.79. The van der Waals surface area contributed by atoms with Crippen LogP contribution in [-0.4, -0.2) is 0 Å². The molecule has 1 atom stereocenters. The van der Waals surface area contributed by atoms with Crippen molar-refractivity contribution in [3.8, 4) is 0 Å². The Hall–Kier alpha value is -1.12. The molecule has 2 N–H and O–H groups in total. The summed E-state index contributed by atoms with van der Waals surface area (Å²) in [7, 11) is 0. The number of hydrogen-bond acceptors (Lipinski definition) is 2. The van der Waals surface area contributed by atoms with Crippen LogP contribution >= 0.6 is 11.3 Å². The Bertz CT molecular complexity index is 532. The van der Waals surface area contributed by atoms with E-state index in [4.69, 9.17) is 5.73 Å². The van der Waals surface area contributed by atoms with Crippen LogP contribution in [0.3, 0.4) is 0 Å². The van der Waals surface area contributed by atoms with Crippen LogP contribution in [0.25, 0.3) is 0 Å². The van der Waals surface area contributed by atoms with Gasteiger partial charge in [-0.05, 0) is 54.7 Å². The van der Waals surface area contributed by atoms with Crippen molar-refractivity contribution in [3.05, 3.63) is 57.8 Å². The second kappa shape index (κ2) is 5.48. The zero-order valence-electron chi connectivity index (χ0n) is 11.3. The number of benzene rings is 1. The molecule has 100 valence electrons. The van der Waals surface area contributed by atoms with E-state index in [0.29, 0.717) is 0 Å². The molecule has 19 heavy (non-hydrogen) atoms. The van der Waals surface area contributed by atoms with Crippen LogP contribution in [0.4, 0.5) is 0 Å². The molecule has 0 spiro atoms. The lowest BCUT2D eigenvalue weighted by atomic mass is 9.81. The predicted molar refractivity (Wildman–Crippen MR) is 82.5 cm³/mol. The van der Waals surface area contributed by atoms with Gasteiger partial charge in [-0.2, -0.15) is 0 Å². The van der Waals surface area contributed by atoms with E-state index < -0.39 is 0 Å². The minimum atomic E-state index is -0.128. The summed E-state index contributed by atoms with van der Waals surface area (Å²) in [4.78, 5) is 1.45. The summed E-state index contributed by atoms with van der Waals surface area (Å²) in [5.74, 6) is 0. The molecule has 1 heterocycles. The van der Waals surface area contributed by atoms with Gasteiger partial charge in [0.1, 0.15) is 0 Å². The average molecular weight is 271 g/mol. The summed E-state index contributed by atoms with van der Waals surface area (Å²) in [5.41, 5.74) is 9.52. The first kappa shape index (κ1) is 12.9. The van der Waals surface area contributed by atoms with Gasteiger partial charge in [-0.15, -0.1) is 11.3 Å². The fraction of sp³-hybridized carbons (Fsp3) is 0.412. The van der Waals surface area contributed by atoms with Crippen molar-refractivity contribution in [2.75, 3.05) is 0 Å². The molecule has 2 heteroatoms. The molecule has 2 aromatic rings. The molecular formula is C17H21NS. The molecule has 0 saturated heterocycles. The number of nitrogens with two attached hydrogens (primary N) is 1. The van der Waals surface area contributed by atoms with Crippen LogP contribution in [0.2, 0.25) is 0 Å².